The lowest BCUT2D eigenvalue weighted by molar-refractivity contribution is 0.264. The molecule has 1 rings (SSSR count). The zero-order chi connectivity index (χ0) is 6.91. The van der Waals surface area contributed by atoms with E-state index in [-0.39, 0.29) is 0 Å². The van der Waals surface area contributed by atoms with Gasteiger partial charge in [0.1, 0.15) is 8.07 Å². The van der Waals surface area contributed by atoms with Crippen LogP contribution in [0.15, 0.2) is 11.5 Å². The molecule has 0 spiro atoms. The molecule has 0 unspecified atom stereocenters. The summed E-state index contributed by atoms with van der Waals surface area (Å²) in [5.74, 6) is 0. The summed E-state index contributed by atoms with van der Waals surface area (Å²) < 4.78 is 5.44. The van der Waals surface area contributed by atoms with Crippen LogP contribution in [0.4, 0.5) is 0 Å². The van der Waals surface area contributed by atoms with Crippen molar-refractivity contribution in [3.8, 4) is 0 Å². The van der Waals surface area contributed by atoms with E-state index in [9.17, 15) is 0 Å². The molecule has 9 heavy (non-hydrogen) atoms. The minimum Gasteiger partial charge on any atom is -0.503 e. The molecule has 0 aliphatic carbocycles. The van der Waals surface area contributed by atoms with Gasteiger partial charge in [-0.3, -0.25) is 0 Å². The Morgan fingerprint density at radius 1 is 1.44 bits per heavy atom. The van der Waals surface area contributed by atoms with Crippen molar-refractivity contribution in [2.24, 2.45) is 0 Å². The second-order valence-electron chi connectivity index (χ2n) is 3.46. The van der Waals surface area contributed by atoms with E-state index in [0.717, 1.165) is 13.0 Å². The Kier molecular flexibility index (Phi) is 1.66. The summed E-state index contributed by atoms with van der Waals surface area (Å²) in [6.45, 7) is 7.85. The van der Waals surface area contributed by atoms with Gasteiger partial charge in [0.05, 0.1) is 12.0 Å². The molecule has 2 heteroatoms. The largest absolute Gasteiger partial charge is 0.503 e. The fourth-order valence-electron chi connectivity index (χ4n) is 0.941. The summed E-state index contributed by atoms with van der Waals surface area (Å²) in [4.78, 5) is 0. The molecular formula is C7H14OSi. The van der Waals surface area contributed by atoms with Gasteiger partial charge in [-0.05, 0) is 6.08 Å². The van der Waals surface area contributed by atoms with Gasteiger partial charge in [0.25, 0.3) is 0 Å². The Morgan fingerprint density at radius 2 is 2.11 bits per heavy atom. The van der Waals surface area contributed by atoms with Crippen LogP contribution in [0.1, 0.15) is 6.42 Å². The standard InChI is InChI=1S/C7H14OSi/c1-9(2,3)7-5-4-6-8-7/h5H,4,6H2,1-3H3. The highest BCUT2D eigenvalue weighted by molar-refractivity contribution is 6.82. The average Bonchev–Trinajstić information content (AvgIpc) is 2.08. The van der Waals surface area contributed by atoms with Crippen molar-refractivity contribution in [2.75, 3.05) is 6.61 Å². The van der Waals surface area contributed by atoms with Gasteiger partial charge >= 0.3 is 0 Å². The third-order valence-corrected chi connectivity index (χ3v) is 3.27. The first-order valence-electron chi connectivity index (χ1n) is 3.44. The lowest BCUT2D eigenvalue weighted by Gasteiger charge is -2.16. The van der Waals surface area contributed by atoms with E-state index in [1.807, 2.05) is 0 Å². The molecule has 1 nitrogen and oxygen atoms in total. The van der Waals surface area contributed by atoms with Crippen molar-refractivity contribution >= 4 is 8.07 Å². The lowest BCUT2D eigenvalue weighted by atomic mass is 10.5. The van der Waals surface area contributed by atoms with E-state index >= 15 is 0 Å². The van der Waals surface area contributed by atoms with Crippen LogP contribution in [-0.4, -0.2) is 14.7 Å². The van der Waals surface area contributed by atoms with Crippen molar-refractivity contribution in [1.29, 1.82) is 0 Å². The highest BCUT2D eigenvalue weighted by Crippen LogP contribution is 2.20. The molecule has 0 amide bonds. The molecule has 0 saturated carbocycles. The highest BCUT2D eigenvalue weighted by atomic mass is 28.3. The fourth-order valence-corrected chi connectivity index (χ4v) is 2.23. The predicted octanol–water partition coefficient (Wildman–Crippen LogP) is 2.17. The maximum absolute atomic E-state index is 5.44. The van der Waals surface area contributed by atoms with Gasteiger partial charge in [-0.2, -0.15) is 0 Å². The minimum atomic E-state index is -1.09. The van der Waals surface area contributed by atoms with Gasteiger partial charge in [0, 0.05) is 6.42 Å². The molecule has 0 radical (unpaired) electrons. The first-order valence-corrected chi connectivity index (χ1v) is 6.94. The Hall–Kier alpha value is -0.243. The van der Waals surface area contributed by atoms with Crippen LogP contribution in [0.5, 0.6) is 0 Å². The molecule has 0 saturated heterocycles. The maximum Gasteiger partial charge on any atom is 0.122 e. The van der Waals surface area contributed by atoms with Crippen molar-refractivity contribution < 1.29 is 4.74 Å². The fraction of sp³-hybridized carbons (Fsp3) is 0.714. The summed E-state index contributed by atoms with van der Waals surface area (Å²) in [7, 11) is -1.09. The number of rotatable bonds is 1. The van der Waals surface area contributed by atoms with Gasteiger partial charge in [-0.1, -0.05) is 19.6 Å². The van der Waals surface area contributed by atoms with Crippen LogP contribution >= 0.6 is 0 Å². The van der Waals surface area contributed by atoms with Gasteiger partial charge in [0.15, 0.2) is 0 Å². The summed E-state index contributed by atoms with van der Waals surface area (Å²) in [5, 5.41) is 1.29. The number of ether oxygens (including phenoxy) is 1. The summed E-state index contributed by atoms with van der Waals surface area (Å²) in [5.41, 5.74) is 0. The third kappa shape index (κ3) is 1.58. The zero-order valence-corrected chi connectivity index (χ0v) is 7.40. The van der Waals surface area contributed by atoms with E-state index in [0.29, 0.717) is 0 Å². The molecular weight excluding hydrogens is 128 g/mol. The van der Waals surface area contributed by atoms with Crippen LogP contribution in [0.2, 0.25) is 19.6 Å². The monoisotopic (exact) mass is 142 g/mol. The van der Waals surface area contributed by atoms with Crippen LogP contribution < -0.4 is 0 Å². The molecule has 0 aromatic rings. The van der Waals surface area contributed by atoms with Crippen molar-refractivity contribution in [1.82, 2.24) is 0 Å². The van der Waals surface area contributed by atoms with E-state index < -0.39 is 8.07 Å². The third-order valence-electron chi connectivity index (χ3n) is 1.44. The SMILES string of the molecule is C[Si](C)(C)C1=CCCO1. The number of hydrogen-bond acceptors (Lipinski definition) is 1. The normalized spacial score (nSPS) is 19.2. The van der Waals surface area contributed by atoms with Gasteiger partial charge in [-0.25, -0.2) is 0 Å². The molecule has 52 valence electrons. The quantitative estimate of drug-likeness (QED) is 0.510. The van der Waals surface area contributed by atoms with E-state index in [4.69, 9.17) is 4.74 Å². The Bertz CT molecular complexity index is 132. The molecule has 1 aliphatic rings. The second-order valence-corrected chi connectivity index (χ2v) is 8.45. The molecule has 0 fully saturated rings. The Labute approximate surface area is 57.7 Å². The maximum atomic E-state index is 5.44. The summed E-state index contributed by atoms with van der Waals surface area (Å²) in [6.07, 6.45) is 3.37. The Balaban J connectivity index is 2.61. The average molecular weight is 142 g/mol. The molecule has 1 heterocycles. The van der Waals surface area contributed by atoms with E-state index in [1.165, 1.54) is 5.38 Å². The first kappa shape index (κ1) is 6.87. The lowest BCUT2D eigenvalue weighted by Crippen LogP contribution is -2.23. The summed E-state index contributed by atoms with van der Waals surface area (Å²) >= 11 is 0. The molecule has 0 aromatic heterocycles. The van der Waals surface area contributed by atoms with Gasteiger partial charge in [-0.15, -0.1) is 0 Å². The molecule has 0 atom stereocenters. The first-order chi connectivity index (χ1) is 4.11. The van der Waals surface area contributed by atoms with Crippen molar-refractivity contribution in [2.45, 2.75) is 26.1 Å². The van der Waals surface area contributed by atoms with Crippen LogP contribution in [-0.2, 0) is 4.74 Å². The van der Waals surface area contributed by atoms with E-state index in [2.05, 4.69) is 25.7 Å². The van der Waals surface area contributed by atoms with Gasteiger partial charge < -0.3 is 4.74 Å². The summed E-state index contributed by atoms with van der Waals surface area (Å²) in [6, 6.07) is 0. The minimum absolute atomic E-state index is 0.916. The molecule has 0 N–H and O–H groups in total. The van der Waals surface area contributed by atoms with Crippen molar-refractivity contribution in [3.05, 3.63) is 11.5 Å². The number of hydrogen-bond donors (Lipinski definition) is 0. The van der Waals surface area contributed by atoms with Gasteiger partial charge in [0.2, 0.25) is 0 Å². The predicted molar refractivity (Wildman–Crippen MR) is 42.0 cm³/mol. The van der Waals surface area contributed by atoms with Crippen LogP contribution in [0.3, 0.4) is 0 Å². The second kappa shape index (κ2) is 2.18. The zero-order valence-electron chi connectivity index (χ0n) is 6.40. The van der Waals surface area contributed by atoms with Crippen molar-refractivity contribution in [3.63, 3.8) is 0 Å². The smallest absolute Gasteiger partial charge is 0.122 e. The molecule has 1 aliphatic heterocycles. The van der Waals surface area contributed by atoms with Crippen LogP contribution in [0, 0.1) is 0 Å². The molecule has 0 aromatic carbocycles. The Morgan fingerprint density at radius 3 is 2.33 bits per heavy atom. The molecule has 0 bridgehead atoms. The van der Waals surface area contributed by atoms with Crippen LogP contribution in [0.25, 0.3) is 0 Å². The topological polar surface area (TPSA) is 9.23 Å². The highest BCUT2D eigenvalue weighted by Gasteiger charge is 2.23. The van der Waals surface area contributed by atoms with E-state index in [1.54, 1.807) is 0 Å².